The lowest BCUT2D eigenvalue weighted by atomic mass is 10.1. The van der Waals surface area contributed by atoms with Crippen LogP contribution >= 0.6 is 0 Å². The smallest absolute Gasteiger partial charge is 0.382 e. The van der Waals surface area contributed by atoms with Gasteiger partial charge in [0.2, 0.25) is 5.69 Å². The van der Waals surface area contributed by atoms with Crippen molar-refractivity contribution in [1.82, 2.24) is 4.98 Å². The van der Waals surface area contributed by atoms with Crippen molar-refractivity contribution in [3.8, 4) is 6.07 Å². The second-order valence-electron chi connectivity index (χ2n) is 3.56. The number of alkyl halides is 2. The fourth-order valence-corrected chi connectivity index (χ4v) is 1.48. The van der Waals surface area contributed by atoms with Crippen LogP contribution in [0.1, 0.15) is 30.2 Å². The zero-order chi connectivity index (χ0) is 15.3. The highest BCUT2D eigenvalue weighted by molar-refractivity contribution is 5.74. The van der Waals surface area contributed by atoms with Crippen molar-refractivity contribution in [2.24, 2.45) is 0 Å². The van der Waals surface area contributed by atoms with Crippen molar-refractivity contribution < 1.29 is 23.2 Å². The minimum atomic E-state index is -3.05. The van der Waals surface area contributed by atoms with E-state index in [9.17, 15) is 23.7 Å². The van der Waals surface area contributed by atoms with Gasteiger partial charge < -0.3 is 14.9 Å². The molecule has 0 amide bonds. The van der Waals surface area contributed by atoms with Gasteiger partial charge in [0.05, 0.1) is 13.0 Å². The minimum Gasteiger partial charge on any atom is -0.466 e. The largest absolute Gasteiger partial charge is 0.466 e. The summed E-state index contributed by atoms with van der Waals surface area (Å²) in [7, 11) is 0. The standard InChI is InChI=1S/C11H9F2N3O4/c1-2-20-9(17)4-6-3-8(10(12)13)15-11(16(18)19)7(6)5-14/h3,10H,2,4H2,1H3. The summed E-state index contributed by atoms with van der Waals surface area (Å²) in [5, 5.41) is 19.6. The molecule has 1 heterocycles. The Balaban J connectivity index is 3.36. The van der Waals surface area contributed by atoms with Gasteiger partial charge in [-0.15, -0.1) is 0 Å². The molecular formula is C11H9F2N3O4. The Hall–Kier alpha value is -2.63. The predicted octanol–water partition coefficient (Wildman–Crippen LogP) is 1.90. The first kappa shape index (κ1) is 15.4. The lowest BCUT2D eigenvalue weighted by Crippen LogP contribution is -2.11. The Bertz CT molecular complexity index is 584. The maximum atomic E-state index is 12.6. The van der Waals surface area contributed by atoms with Gasteiger partial charge in [0, 0.05) is 0 Å². The zero-order valence-electron chi connectivity index (χ0n) is 10.3. The average Bonchev–Trinajstić information content (AvgIpc) is 2.37. The Morgan fingerprint density at radius 2 is 2.30 bits per heavy atom. The van der Waals surface area contributed by atoms with E-state index in [1.54, 1.807) is 6.92 Å². The number of halogens is 2. The van der Waals surface area contributed by atoms with Crippen LogP contribution in [-0.2, 0) is 16.0 Å². The maximum absolute atomic E-state index is 12.6. The fraction of sp³-hybridized carbons (Fsp3) is 0.364. The molecule has 0 atom stereocenters. The van der Waals surface area contributed by atoms with E-state index in [0.29, 0.717) is 0 Å². The van der Waals surface area contributed by atoms with Crippen LogP contribution in [0.25, 0.3) is 0 Å². The number of carbonyl (C=O) groups is 1. The molecule has 7 nitrogen and oxygen atoms in total. The van der Waals surface area contributed by atoms with Gasteiger partial charge in [-0.1, -0.05) is 0 Å². The summed E-state index contributed by atoms with van der Waals surface area (Å²) in [6.45, 7) is 1.61. The number of rotatable bonds is 5. The first-order valence-corrected chi connectivity index (χ1v) is 5.42. The Kier molecular flexibility index (Phi) is 5.02. The van der Waals surface area contributed by atoms with E-state index in [2.05, 4.69) is 9.72 Å². The van der Waals surface area contributed by atoms with Gasteiger partial charge in [-0.2, -0.15) is 5.26 Å². The van der Waals surface area contributed by atoms with Crippen LogP contribution in [0, 0.1) is 21.4 Å². The van der Waals surface area contributed by atoms with Crippen molar-refractivity contribution in [3.63, 3.8) is 0 Å². The van der Waals surface area contributed by atoms with E-state index in [-0.39, 0.29) is 12.2 Å². The number of pyridine rings is 1. The molecule has 20 heavy (non-hydrogen) atoms. The molecule has 106 valence electrons. The molecule has 0 saturated heterocycles. The number of nitriles is 1. The molecule has 0 fully saturated rings. The highest BCUT2D eigenvalue weighted by Crippen LogP contribution is 2.26. The van der Waals surface area contributed by atoms with Crippen LogP contribution in [0.4, 0.5) is 14.6 Å². The number of hydrogen-bond donors (Lipinski definition) is 0. The van der Waals surface area contributed by atoms with Crippen LogP contribution in [0.5, 0.6) is 0 Å². The normalized spacial score (nSPS) is 10.2. The third-order valence-electron chi connectivity index (χ3n) is 2.25. The number of nitro groups is 1. The van der Waals surface area contributed by atoms with Gasteiger partial charge in [0.25, 0.3) is 0 Å². The summed E-state index contributed by atoms with van der Waals surface area (Å²) < 4.78 is 29.9. The molecule has 0 spiro atoms. The number of nitrogens with zero attached hydrogens (tertiary/aromatic N) is 3. The third kappa shape index (κ3) is 3.44. The molecule has 1 aromatic heterocycles. The second-order valence-corrected chi connectivity index (χ2v) is 3.56. The predicted molar refractivity (Wildman–Crippen MR) is 60.9 cm³/mol. The van der Waals surface area contributed by atoms with Gasteiger partial charge in [-0.3, -0.25) is 4.79 Å². The Morgan fingerprint density at radius 3 is 2.75 bits per heavy atom. The molecule has 1 rings (SSSR count). The number of esters is 1. The van der Waals surface area contributed by atoms with Crippen molar-refractivity contribution in [1.29, 1.82) is 5.26 Å². The molecule has 0 aliphatic rings. The fourth-order valence-electron chi connectivity index (χ4n) is 1.48. The molecule has 0 aromatic carbocycles. The summed E-state index contributed by atoms with van der Waals surface area (Å²) in [5.41, 5.74) is -1.59. The number of aromatic nitrogens is 1. The molecule has 9 heteroatoms. The summed E-state index contributed by atoms with van der Waals surface area (Å²) in [4.78, 5) is 24.2. The minimum absolute atomic E-state index is 0.0651. The lowest BCUT2D eigenvalue weighted by molar-refractivity contribution is -0.390. The number of hydrogen-bond acceptors (Lipinski definition) is 6. The number of carbonyl (C=O) groups excluding carboxylic acids is 1. The molecule has 0 aliphatic carbocycles. The van der Waals surface area contributed by atoms with E-state index in [0.717, 1.165) is 6.07 Å². The maximum Gasteiger partial charge on any atom is 0.382 e. The lowest BCUT2D eigenvalue weighted by Gasteiger charge is -2.05. The second kappa shape index (κ2) is 6.51. The van der Waals surface area contributed by atoms with Gasteiger partial charge >= 0.3 is 18.2 Å². The summed E-state index contributed by atoms with van der Waals surface area (Å²) in [6.07, 6.45) is -3.57. The van der Waals surface area contributed by atoms with Crippen LogP contribution in [0.2, 0.25) is 0 Å². The van der Waals surface area contributed by atoms with Crippen LogP contribution in [-0.4, -0.2) is 22.5 Å². The Labute approximate surface area is 111 Å². The van der Waals surface area contributed by atoms with Crippen molar-refractivity contribution in [2.45, 2.75) is 19.8 Å². The Morgan fingerprint density at radius 1 is 1.65 bits per heavy atom. The number of ether oxygens (including phenoxy) is 1. The first-order valence-electron chi connectivity index (χ1n) is 5.42. The van der Waals surface area contributed by atoms with Crippen LogP contribution in [0.3, 0.4) is 0 Å². The average molecular weight is 285 g/mol. The molecule has 0 saturated carbocycles. The third-order valence-corrected chi connectivity index (χ3v) is 2.25. The van der Waals surface area contributed by atoms with Gasteiger partial charge in [0.15, 0.2) is 5.56 Å². The van der Waals surface area contributed by atoms with E-state index < -0.39 is 40.8 Å². The van der Waals surface area contributed by atoms with Crippen molar-refractivity contribution in [3.05, 3.63) is 33.0 Å². The van der Waals surface area contributed by atoms with Crippen LogP contribution < -0.4 is 0 Å². The van der Waals surface area contributed by atoms with E-state index in [1.165, 1.54) is 6.07 Å². The van der Waals surface area contributed by atoms with E-state index in [4.69, 9.17) is 5.26 Å². The van der Waals surface area contributed by atoms with E-state index >= 15 is 0 Å². The van der Waals surface area contributed by atoms with Gasteiger partial charge in [-0.05, 0) is 28.5 Å². The molecule has 0 bridgehead atoms. The highest BCUT2D eigenvalue weighted by atomic mass is 19.3. The van der Waals surface area contributed by atoms with Crippen LogP contribution in [0.15, 0.2) is 6.07 Å². The first-order chi connectivity index (χ1) is 9.40. The molecule has 0 unspecified atom stereocenters. The topological polar surface area (TPSA) is 106 Å². The van der Waals surface area contributed by atoms with Gasteiger partial charge in [0.1, 0.15) is 6.07 Å². The molecular weight excluding hydrogens is 276 g/mol. The quantitative estimate of drug-likeness (QED) is 0.464. The molecule has 0 aliphatic heterocycles. The summed E-state index contributed by atoms with van der Waals surface area (Å²) >= 11 is 0. The molecule has 0 radical (unpaired) electrons. The summed E-state index contributed by atoms with van der Waals surface area (Å²) in [6, 6.07) is 2.30. The zero-order valence-corrected chi connectivity index (χ0v) is 10.3. The van der Waals surface area contributed by atoms with E-state index in [1.807, 2.05) is 0 Å². The molecule has 1 aromatic rings. The summed E-state index contributed by atoms with van der Waals surface area (Å²) in [5.74, 6) is -1.77. The van der Waals surface area contributed by atoms with Crippen molar-refractivity contribution in [2.75, 3.05) is 6.61 Å². The highest BCUT2D eigenvalue weighted by Gasteiger charge is 2.27. The SMILES string of the molecule is CCOC(=O)Cc1cc(C(F)F)nc([N+](=O)[O-])c1C#N. The van der Waals surface area contributed by atoms with Crippen molar-refractivity contribution >= 4 is 11.8 Å². The molecule has 0 N–H and O–H groups in total. The van der Waals surface area contributed by atoms with Gasteiger partial charge in [-0.25, -0.2) is 8.78 Å². The monoisotopic (exact) mass is 285 g/mol.